The van der Waals surface area contributed by atoms with Crippen molar-refractivity contribution in [3.05, 3.63) is 0 Å². The number of rotatable bonds is 3. The lowest BCUT2D eigenvalue weighted by molar-refractivity contribution is 0.411. The van der Waals surface area contributed by atoms with Crippen molar-refractivity contribution < 1.29 is 0 Å². The van der Waals surface area contributed by atoms with Crippen LogP contribution in [0.1, 0.15) is 33.1 Å². The summed E-state index contributed by atoms with van der Waals surface area (Å²) >= 11 is 0. The van der Waals surface area contributed by atoms with Crippen molar-refractivity contribution in [3.8, 4) is 0 Å². The molecule has 0 aromatic heterocycles. The fourth-order valence-corrected chi connectivity index (χ4v) is 2.98. The van der Waals surface area contributed by atoms with Crippen molar-refractivity contribution in [2.75, 3.05) is 6.54 Å². The third kappa shape index (κ3) is 0.936. The third-order valence-electron chi connectivity index (χ3n) is 4.21. The molecule has 0 saturated heterocycles. The molecule has 11 heavy (non-hydrogen) atoms. The van der Waals surface area contributed by atoms with Crippen molar-refractivity contribution in [1.82, 2.24) is 0 Å². The molecule has 0 radical (unpaired) electrons. The monoisotopic (exact) mass is 153 g/mol. The van der Waals surface area contributed by atoms with Gasteiger partial charge in [-0.2, -0.15) is 0 Å². The van der Waals surface area contributed by atoms with Crippen LogP contribution >= 0.6 is 0 Å². The van der Waals surface area contributed by atoms with E-state index in [1.54, 1.807) is 0 Å². The van der Waals surface area contributed by atoms with Gasteiger partial charge in [0.1, 0.15) is 0 Å². The lowest BCUT2D eigenvalue weighted by Gasteiger charge is -2.08. The van der Waals surface area contributed by atoms with E-state index < -0.39 is 0 Å². The van der Waals surface area contributed by atoms with Crippen LogP contribution in [-0.4, -0.2) is 6.54 Å². The topological polar surface area (TPSA) is 26.0 Å². The molecule has 0 aromatic carbocycles. The fourth-order valence-electron chi connectivity index (χ4n) is 2.98. The van der Waals surface area contributed by atoms with Gasteiger partial charge in [-0.25, -0.2) is 0 Å². The maximum absolute atomic E-state index is 5.57. The van der Waals surface area contributed by atoms with Crippen LogP contribution < -0.4 is 5.73 Å². The van der Waals surface area contributed by atoms with Crippen LogP contribution in [0, 0.1) is 23.2 Å². The van der Waals surface area contributed by atoms with Gasteiger partial charge in [-0.05, 0) is 49.0 Å². The molecule has 2 aliphatic rings. The average molecular weight is 153 g/mol. The van der Waals surface area contributed by atoms with Crippen LogP contribution in [0.2, 0.25) is 0 Å². The third-order valence-corrected chi connectivity index (χ3v) is 4.21. The number of hydrogen-bond donors (Lipinski definition) is 1. The summed E-state index contributed by atoms with van der Waals surface area (Å²) in [6.45, 7) is 5.76. The molecule has 0 spiro atoms. The molecule has 2 N–H and O–H groups in total. The molecule has 2 saturated carbocycles. The SMILES string of the molecule is C[C@H]1C(CCN)C1(C)C1CC1. The number of nitrogens with two attached hydrogens (primary N) is 1. The Bertz CT molecular complexity index is 162. The molecular weight excluding hydrogens is 134 g/mol. The Morgan fingerprint density at radius 2 is 2.09 bits per heavy atom. The van der Waals surface area contributed by atoms with Gasteiger partial charge in [-0.1, -0.05) is 13.8 Å². The molecule has 3 atom stereocenters. The maximum Gasteiger partial charge on any atom is -0.00743 e. The number of hydrogen-bond acceptors (Lipinski definition) is 1. The lowest BCUT2D eigenvalue weighted by Crippen LogP contribution is -2.06. The van der Waals surface area contributed by atoms with E-state index in [9.17, 15) is 0 Å². The van der Waals surface area contributed by atoms with Crippen molar-refractivity contribution in [2.45, 2.75) is 33.1 Å². The van der Waals surface area contributed by atoms with E-state index in [1.807, 2.05) is 0 Å². The summed E-state index contributed by atoms with van der Waals surface area (Å²) in [4.78, 5) is 0. The van der Waals surface area contributed by atoms with Crippen LogP contribution in [0.5, 0.6) is 0 Å². The zero-order chi connectivity index (χ0) is 8.06. The molecule has 2 aliphatic carbocycles. The average Bonchev–Trinajstić information content (AvgIpc) is 2.85. The molecule has 2 rings (SSSR count). The summed E-state index contributed by atoms with van der Waals surface area (Å²) in [6.07, 6.45) is 4.23. The first-order valence-corrected chi connectivity index (χ1v) is 4.91. The minimum atomic E-state index is 0.708. The quantitative estimate of drug-likeness (QED) is 0.659. The largest absolute Gasteiger partial charge is 0.330 e. The van der Waals surface area contributed by atoms with E-state index >= 15 is 0 Å². The first-order valence-electron chi connectivity index (χ1n) is 4.91. The van der Waals surface area contributed by atoms with E-state index in [0.29, 0.717) is 5.41 Å². The molecule has 0 aliphatic heterocycles. The minimum Gasteiger partial charge on any atom is -0.330 e. The normalized spacial score (nSPS) is 49.4. The van der Waals surface area contributed by atoms with E-state index in [1.165, 1.54) is 19.3 Å². The van der Waals surface area contributed by atoms with Gasteiger partial charge < -0.3 is 5.73 Å². The van der Waals surface area contributed by atoms with Crippen molar-refractivity contribution >= 4 is 0 Å². The molecule has 0 heterocycles. The van der Waals surface area contributed by atoms with Crippen molar-refractivity contribution in [2.24, 2.45) is 28.9 Å². The standard InChI is InChI=1S/C10H19N/c1-7-9(5-6-11)10(7,2)8-3-4-8/h7-9H,3-6,11H2,1-2H3/t7-,9?,10?/m0/s1. The molecule has 0 amide bonds. The minimum absolute atomic E-state index is 0.708. The highest BCUT2D eigenvalue weighted by atomic mass is 14.7. The second kappa shape index (κ2) is 2.22. The summed E-state index contributed by atoms with van der Waals surface area (Å²) in [6, 6.07) is 0. The van der Waals surface area contributed by atoms with Gasteiger partial charge in [0, 0.05) is 0 Å². The van der Waals surface area contributed by atoms with E-state index in [4.69, 9.17) is 5.73 Å². The Hall–Kier alpha value is -0.0400. The summed E-state index contributed by atoms with van der Waals surface area (Å²) < 4.78 is 0. The molecule has 64 valence electrons. The second-order valence-corrected chi connectivity index (χ2v) is 4.61. The van der Waals surface area contributed by atoms with Crippen molar-refractivity contribution in [1.29, 1.82) is 0 Å². The molecule has 2 unspecified atom stereocenters. The van der Waals surface area contributed by atoms with E-state index in [2.05, 4.69) is 13.8 Å². The maximum atomic E-state index is 5.57. The zero-order valence-electron chi connectivity index (χ0n) is 7.64. The Kier molecular flexibility index (Phi) is 1.54. The highest BCUT2D eigenvalue weighted by Crippen LogP contribution is 2.70. The zero-order valence-corrected chi connectivity index (χ0v) is 7.64. The Morgan fingerprint density at radius 3 is 2.55 bits per heavy atom. The summed E-state index contributed by atoms with van der Waals surface area (Å²) in [5.41, 5.74) is 6.28. The second-order valence-electron chi connectivity index (χ2n) is 4.61. The summed E-state index contributed by atoms with van der Waals surface area (Å²) in [5, 5.41) is 0. The Morgan fingerprint density at radius 1 is 1.45 bits per heavy atom. The van der Waals surface area contributed by atoms with Gasteiger partial charge in [0.05, 0.1) is 0 Å². The molecular formula is C10H19N. The van der Waals surface area contributed by atoms with Gasteiger partial charge in [0.25, 0.3) is 0 Å². The highest BCUT2D eigenvalue weighted by molar-refractivity contribution is 5.12. The molecule has 0 aromatic rings. The van der Waals surface area contributed by atoms with Gasteiger partial charge >= 0.3 is 0 Å². The van der Waals surface area contributed by atoms with E-state index in [0.717, 1.165) is 24.3 Å². The van der Waals surface area contributed by atoms with Gasteiger partial charge in [-0.3, -0.25) is 0 Å². The first-order chi connectivity index (χ1) is 5.21. The van der Waals surface area contributed by atoms with Crippen LogP contribution in [0.3, 0.4) is 0 Å². The van der Waals surface area contributed by atoms with Gasteiger partial charge in [-0.15, -0.1) is 0 Å². The lowest BCUT2D eigenvalue weighted by atomic mass is 9.97. The van der Waals surface area contributed by atoms with Crippen molar-refractivity contribution in [3.63, 3.8) is 0 Å². The Labute approximate surface area is 69.4 Å². The highest BCUT2D eigenvalue weighted by Gasteiger charge is 2.63. The van der Waals surface area contributed by atoms with Crippen LogP contribution in [0.4, 0.5) is 0 Å². The predicted molar refractivity (Wildman–Crippen MR) is 47.2 cm³/mol. The molecule has 2 fully saturated rings. The Balaban J connectivity index is 1.95. The van der Waals surface area contributed by atoms with Gasteiger partial charge in [0.2, 0.25) is 0 Å². The molecule has 0 bridgehead atoms. The smallest absolute Gasteiger partial charge is 0.00743 e. The molecule has 1 heteroatoms. The summed E-state index contributed by atoms with van der Waals surface area (Å²) in [5.74, 6) is 2.98. The van der Waals surface area contributed by atoms with E-state index in [-0.39, 0.29) is 0 Å². The predicted octanol–water partition coefficient (Wildman–Crippen LogP) is 2.02. The fraction of sp³-hybridized carbons (Fsp3) is 1.00. The van der Waals surface area contributed by atoms with Crippen LogP contribution in [0.25, 0.3) is 0 Å². The van der Waals surface area contributed by atoms with Gasteiger partial charge in [0.15, 0.2) is 0 Å². The first kappa shape index (κ1) is 7.60. The summed E-state index contributed by atoms with van der Waals surface area (Å²) in [7, 11) is 0. The van der Waals surface area contributed by atoms with Crippen LogP contribution in [-0.2, 0) is 0 Å². The molecule has 1 nitrogen and oxygen atoms in total. The van der Waals surface area contributed by atoms with Crippen LogP contribution in [0.15, 0.2) is 0 Å².